The molecule has 0 aliphatic heterocycles. The van der Waals surface area contributed by atoms with Crippen molar-refractivity contribution in [1.29, 1.82) is 0 Å². The molecular formula is C15H21N3O4. The van der Waals surface area contributed by atoms with Crippen molar-refractivity contribution in [2.24, 2.45) is 0 Å². The fourth-order valence-electron chi connectivity index (χ4n) is 1.61. The molecule has 1 atom stereocenters. The number of urea groups is 1. The predicted molar refractivity (Wildman–Crippen MR) is 82.7 cm³/mol. The summed E-state index contributed by atoms with van der Waals surface area (Å²) < 4.78 is 4.89. The van der Waals surface area contributed by atoms with Gasteiger partial charge in [0.25, 0.3) is 5.91 Å². The average molecular weight is 307 g/mol. The van der Waals surface area contributed by atoms with Gasteiger partial charge in [0.2, 0.25) is 0 Å². The molecule has 0 saturated carbocycles. The molecule has 120 valence electrons. The third kappa shape index (κ3) is 5.43. The SMILES string of the molecule is CC[C@H](C)NC(=O)NC(=O)COC(=O)c1ccccc1NC. The number of rotatable bonds is 6. The number of para-hydroxylation sites is 1. The van der Waals surface area contributed by atoms with Gasteiger partial charge < -0.3 is 15.4 Å². The maximum absolute atomic E-state index is 11.9. The molecule has 0 heterocycles. The third-order valence-electron chi connectivity index (χ3n) is 2.99. The van der Waals surface area contributed by atoms with Crippen LogP contribution in [0.1, 0.15) is 30.6 Å². The Morgan fingerprint density at radius 1 is 1.23 bits per heavy atom. The van der Waals surface area contributed by atoms with Crippen molar-refractivity contribution in [3.8, 4) is 0 Å². The number of nitrogens with one attached hydrogen (secondary N) is 3. The Morgan fingerprint density at radius 2 is 1.91 bits per heavy atom. The first kappa shape index (κ1) is 17.5. The average Bonchev–Trinajstić information content (AvgIpc) is 2.52. The Bertz CT molecular complexity index is 545. The molecule has 7 heteroatoms. The summed E-state index contributed by atoms with van der Waals surface area (Å²) in [5.74, 6) is -1.32. The third-order valence-corrected chi connectivity index (χ3v) is 2.99. The van der Waals surface area contributed by atoms with E-state index in [1.54, 1.807) is 31.3 Å². The van der Waals surface area contributed by atoms with Gasteiger partial charge in [0.1, 0.15) is 0 Å². The number of hydrogen-bond acceptors (Lipinski definition) is 5. The number of imide groups is 1. The molecule has 0 radical (unpaired) electrons. The molecular weight excluding hydrogens is 286 g/mol. The Kier molecular flexibility index (Phi) is 6.88. The molecule has 3 amide bonds. The summed E-state index contributed by atoms with van der Waals surface area (Å²) in [6.45, 7) is 3.21. The van der Waals surface area contributed by atoms with Crippen molar-refractivity contribution < 1.29 is 19.1 Å². The zero-order chi connectivity index (χ0) is 16.5. The Morgan fingerprint density at radius 3 is 2.55 bits per heavy atom. The van der Waals surface area contributed by atoms with Crippen LogP contribution in [-0.4, -0.2) is 37.6 Å². The molecule has 7 nitrogen and oxygen atoms in total. The van der Waals surface area contributed by atoms with Gasteiger partial charge in [0.05, 0.1) is 5.56 Å². The Balaban J connectivity index is 2.47. The van der Waals surface area contributed by atoms with E-state index in [1.807, 2.05) is 13.8 Å². The normalized spacial score (nSPS) is 11.2. The van der Waals surface area contributed by atoms with Gasteiger partial charge in [-0.1, -0.05) is 19.1 Å². The summed E-state index contributed by atoms with van der Waals surface area (Å²) in [6, 6.07) is 6.12. The van der Waals surface area contributed by atoms with Crippen molar-refractivity contribution in [2.45, 2.75) is 26.3 Å². The minimum Gasteiger partial charge on any atom is -0.452 e. The Labute approximate surface area is 129 Å². The highest BCUT2D eigenvalue weighted by Gasteiger charge is 2.15. The summed E-state index contributed by atoms with van der Waals surface area (Å²) in [6.07, 6.45) is 0.747. The molecule has 1 rings (SSSR count). The van der Waals surface area contributed by atoms with Crippen LogP contribution < -0.4 is 16.0 Å². The second-order valence-electron chi connectivity index (χ2n) is 4.70. The fraction of sp³-hybridized carbons (Fsp3) is 0.400. The minimum atomic E-state index is -0.684. The lowest BCUT2D eigenvalue weighted by atomic mass is 10.2. The largest absolute Gasteiger partial charge is 0.452 e. The molecule has 1 aromatic carbocycles. The Hall–Kier alpha value is -2.57. The highest BCUT2D eigenvalue weighted by molar-refractivity contribution is 5.99. The zero-order valence-corrected chi connectivity index (χ0v) is 12.9. The van der Waals surface area contributed by atoms with Crippen molar-refractivity contribution in [3.05, 3.63) is 29.8 Å². The number of hydrogen-bond donors (Lipinski definition) is 3. The quantitative estimate of drug-likeness (QED) is 0.692. The van der Waals surface area contributed by atoms with Crippen LogP contribution in [-0.2, 0) is 9.53 Å². The summed E-state index contributed by atoms with van der Waals surface area (Å²) in [7, 11) is 1.68. The first-order valence-corrected chi connectivity index (χ1v) is 7.02. The van der Waals surface area contributed by atoms with Gasteiger partial charge in [-0.3, -0.25) is 10.1 Å². The number of esters is 1. The first-order valence-electron chi connectivity index (χ1n) is 7.02. The standard InChI is InChI=1S/C15H21N3O4/c1-4-10(2)17-15(21)18-13(19)9-22-14(20)11-7-5-6-8-12(11)16-3/h5-8,10,16H,4,9H2,1-3H3,(H2,17,18,19,21)/t10-/m0/s1. The van der Waals surface area contributed by atoms with Crippen molar-refractivity contribution in [2.75, 3.05) is 19.0 Å². The van der Waals surface area contributed by atoms with Gasteiger partial charge in [0.15, 0.2) is 6.61 Å². The van der Waals surface area contributed by atoms with Gasteiger partial charge in [-0.25, -0.2) is 9.59 Å². The molecule has 0 bridgehead atoms. The second kappa shape index (κ2) is 8.66. The van der Waals surface area contributed by atoms with E-state index in [0.29, 0.717) is 11.3 Å². The fourth-order valence-corrected chi connectivity index (χ4v) is 1.61. The van der Waals surface area contributed by atoms with Crippen LogP contribution in [0.5, 0.6) is 0 Å². The molecule has 0 aromatic heterocycles. The molecule has 22 heavy (non-hydrogen) atoms. The van der Waals surface area contributed by atoms with Crippen molar-refractivity contribution >= 4 is 23.6 Å². The lowest BCUT2D eigenvalue weighted by Crippen LogP contribution is -2.44. The summed E-state index contributed by atoms with van der Waals surface area (Å²) in [5, 5.41) is 7.53. The smallest absolute Gasteiger partial charge is 0.340 e. The molecule has 0 spiro atoms. The topological polar surface area (TPSA) is 96.5 Å². The lowest BCUT2D eigenvalue weighted by molar-refractivity contribution is -0.123. The van der Waals surface area contributed by atoms with E-state index in [4.69, 9.17) is 4.74 Å². The summed E-state index contributed by atoms with van der Waals surface area (Å²) in [4.78, 5) is 34.9. The highest BCUT2D eigenvalue weighted by atomic mass is 16.5. The van der Waals surface area contributed by atoms with Crippen LogP contribution in [0.4, 0.5) is 10.5 Å². The van der Waals surface area contributed by atoms with Gasteiger partial charge in [-0.05, 0) is 25.5 Å². The van der Waals surface area contributed by atoms with E-state index in [1.165, 1.54) is 0 Å². The maximum Gasteiger partial charge on any atom is 0.340 e. The predicted octanol–water partition coefficient (Wildman–Crippen LogP) is 1.51. The molecule has 1 aromatic rings. The number of benzene rings is 1. The molecule has 0 fully saturated rings. The van der Waals surface area contributed by atoms with E-state index >= 15 is 0 Å². The first-order chi connectivity index (χ1) is 10.5. The van der Waals surface area contributed by atoms with Gasteiger partial charge in [-0.2, -0.15) is 0 Å². The number of anilines is 1. The van der Waals surface area contributed by atoms with Crippen LogP contribution in [0, 0.1) is 0 Å². The van der Waals surface area contributed by atoms with E-state index < -0.39 is 24.5 Å². The van der Waals surface area contributed by atoms with Crippen LogP contribution in [0.25, 0.3) is 0 Å². The number of amides is 3. The molecule has 3 N–H and O–H groups in total. The second-order valence-corrected chi connectivity index (χ2v) is 4.70. The van der Waals surface area contributed by atoms with Crippen LogP contribution in [0.2, 0.25) is 0 Å². The van der Waals surface area contributed by atoms with Crippen LogP contribution >= 0.6 is 0 Å². The van der Waals surface area contributed by atoms with E-state index in [-0.39, 0.29) is 6.04 Å². The number of carbonyl (C=O) groups excluding carboxylic acids is 3. The molecule has 0 unspecified atom stereocenters. The van der Waals surface area contributed by atoms with Gasteiger partial charge in [0, 0.05) is 18.8 Å². The van der Waals surface area contributed by atoms with Crippen molar-refractivity contribution in [3.63, 3.8) is 0 Å². The van der Waals surface area contributed by atoms with Gasteiger partial charge >= 0.3 is 12.0 Å². The minimum absolute atomic E-state index is 0.0437. The summed E-state index contributed by atoms with van der Waals surface area (Å²) in [5.41, 5.74) is 0.921. The zero-order valence-electron chi connectivity index (χ0n) is 12.9. The van der Waals surface area contributed by atoms with E-state index in [0.717, 1.165) is 6.42 Å². The highest BCUT2D eigenvalue weighted by Crippen LogP contribution is 2.14. The van der Waals surface area contributed by atoms with E-state index in [9.17, 15) is 14.4 Å². The van der Waals surface area contributed by atoms with E-state index in [2.05, 4.69) is 16.0 Å². The molecule has 0 saturated heterocycles. The number of ether oxygens (including phenoxy) is 1. The van der Waals surface area contributed by atoms with Gasteiger partial charge in [-0.15, -0.1) is 0 Å². The van der Waals surface area contributed by atoms with Crippen LogP contribution in [0.15, 0.2) is 24.3 Å². The number of carbonyl (C=O) groups is 3. The summed E-state index contributed by atoms with van der Waals surface area (Å²) >= 11 is 0. The maximum atomic E-state index is 11.9. The molecule has 0 aliphatic rings. The molecule has 0 aliphatic carbocycles. The monoisotopic (exact) mass is 307 g/mol. The van der Waals surface area contributed by atoms with Crippen molar-refractivity contribution in [1.82, 2.24) is 10.6 Å². The van der Waals surface area contributed by atoms with Crippen LogP contribution in [0.3, 0.4) is 0 Å². The lowest BCUT2D eigenvalue weighted by Gasteiger charge is -2.12.